The molecule has 10 nitrogen and oxygen atoms in total. The van der Waals surface area contributed by atoms with Crippen molar-refractivity contribution in [3.05, 3.63) is 130 Å². The predicted octanol–water partition coefficient (Wildman–Crippen LogP) is 9.93. The minimum Gasteiger partial charge on any atom is -0.454 e. The molecule has 0 radical (unpaired) electrons. The molecular weight excluding hydrogens is 1060 g/mol. The van der Waals surface area contributed by atoms with E-state index in [1.165, 1.54) is 23.1 Å². The summed E-state index contributed by atoms with van der Waals surface area (Å²) in [5.41, 5.74) is -1.39. The molecule has 26 unspecified atom stereocenters. The molecular formula is C75H89NO9. The number of hydrogen-bond acceptors (Lipinski definition) is 10. The fourth-order valence-corrected chi connectivity index (χ4v) is 26.0. The Morgan fingerprint density at radius 2 is 1.62 bits per heavy atom. The van der Waals surface area contributed by atoms with Crippen LogP contribution in [-0.2, 0) is 44.9 Å². The quantitative estimate of drug-likeness (QED) is 0.0641. The van der Waals surface area contributed by atoms with E-state index in [1.807, 2.05) is 25.2 Å². The maximum atomic E-state index is 16.0. The Labute approximate surface area is 502 Å². The van der Waals surface area contributed by atoms with Gasteiger partial charge in [-0.3, -0.25) is 0 Å². The molecule has 18 rings (SSSR count). The van der Waals surface area contributed by atoms with Crippen molar-refractivity contribution in [2.45, 2.75) is 195 Å². The highest BCUT2D eigenvalue weighted by Crippen LogP contribution is 2.82. The van der Waals surface area contributed by atoms with Crippen LogP contribution in [0.4, 0.5) is 0 Å². The van der Waals surface area contributed by atoms with Gasteiger partial charge in [-0.1, -0.05) is 90.7 Å². The topological polar surface area (TPSA) is 166 Å². The molecule has 1 saturated heterocycles. The van der Waals surface area contributed by atoms with Gasteiger partial charge in [-0.2, -0.15) is 0 Å². The van der Waals surface area contributed by atoms with Crippen LogP contribution in [0.25, 0.3) is 0 Å². The number of carbonyl (C=O) groups is 2. The molecule has 15 aliphatic rings. The number of esters is 1. The molecule has 3 heterocycles. The number of rotatable bonds is 4. The molecule has 2 spiro atoms. The van der Waals surface area contributed by atoms with Gasteiger partial charge in [0.2, 0.25) is 0 Å². The summed E-state index contributed by atoms with van der Waals surface area (Å²) < 4.78 is 14.5. The lowest BCUT2D eigenvalue weighted by Gasteiger charge is -2.76. The van der Waals surface area contributed by atoms with Crippen LogP contribution >= 0.6 is 0 Å². The molecule has 3 aliphatic heterocycles. The SMILES string of the molecule is CNC1Cc2c(cccc2CO)C#CCCC23CCC4C5(C=O)CC67C(CC8Cc9cccc(c9)CC9CCC(C9)C9CC=CC%10CC(C6O8)C5(O)C(CC%109)C(O)C4(O)C2(O)CC2CC1C1OC(=O)C=C1C23)CC1CC(c2ccccc2)CCC17. The van der Waals surface area contributed by atoms with E-state index in [4.69, 9.17) is 9.47 Å². The number of aldehydes is 1. The summed E-state index contributed by atoms with van der Waals surface area (Å²) in [4.78, 5) is 30.0. The van der Waals surface area contributed by atoms with Gasteiger partial charge < -0.3 is 45.1 Å². The van der Waals surface area contributed by atoms with Gasteiger partial charge in [-0.05, 0) is 240 Å². The third-order valence-electron chi connectivity index (χ3n) is 28.7. The summed E-state index contributed by atoms with van der Waals surface area (Å²) >= 11 is 0. The van der Waals surface area contributed by atoms with Crippen LogP contribution in [0.3, 0.4) is 0 Å². The van der Waals surface area contributed by atoms with Crippen molar-refractivity contribution >= 4 is 12.3 Å². The largest absolute Gasteiger partial charge is 0.454 e. The van der Waals surface area contributed by atoms with E-state index in [9.17, 15) is 15.0 Å². The Kier molecular flexibility index (Phi) is 12.6. The Morgan fingerprint density at radius 3 is 2.46 bits per heavy atom. The molecule has 3 aromatic carbocycles. The molecule has 6 N–H and O–H groups in total. The molecule has 10 heteroatoms. The smallest absolute Gasteiger partial charge is 0.331 e. The van der Waals surface area contributed by atoms with E-state index in [2.05, 4.69) is 83.9 Å². The van der Waals surface area contributed by atoms with E-state index in [0.717, 1.165) is 92.8 Å². The zero-order valence-electron chi connectivity index (χ0n) is 49.7. The van der Waals surface area contributed by atoms with E-state index < -0.39 is 69.0 Å². The Balaban J connectivity index is 0.864. The number of allylic oxidation sites excluding steroid dienone is 2. The molecule has 448 valence electrons. The van der Waals surface area contributed by atoms with Crippen LogP contribution in [0.15, 0.2) is 96.6 Å². The second-order valence-corrected chi connectivity index (χ2v) is 31.1. The zero-order chi connectivity index (χ0) is 57.6. The molecule has 85 heavy (non-hydrogen) atoms. The number of benzene rings is 3. The van der Waals surface area contributed by atoms with Gasteiger partial charge in [0.25, 0.3) is 0 Å². The minimum absolute atomic E-state index is 0.0838. The standard InChI is InChI=1S/C75H89NO9/c1-76-63-36-56-46(15-8-17-50(56)39-77)14-5-6-24-70-25-23-64-71(41-78)40-72-53(31-51-30-47(21-22-60(51)72)45-12-3-2-4-13-45)34-54-29-43-11-7-10-42(26-43)27-44-19-20-49(28-44)55-18-9-16-48-33-62(69(72)84-54)74(71,82)61(35-57(48)55)68(80)75(64,83)73(70,81)38-52-32-58(63)67-59(66(52)70)37-65(79)85-67/h2-4,7-13,15-17,26,37,41,44,47-49,51-55,57-58,60-64,66-69,76-77,80-83H,6,18-25,27-36,38-40H2,1H3. The maximum Gasteiger partial charge on any atom is 0.331 e. The van der Waals surface area contributed by atoms with E-state index in [1.54, 1.807) is 6.08 Å². The first kappa shape index (κ1) is 54.7. The molecule has 14 bridgehead atoms. The van der Waals surface area contributed by atoms with Crippen LogP contribution in [0.2, 0.25) is 0 Å². The highest BCUT2D eigenvalue weighted by molar-refractivity contribution is 5.86. The van der Waals surface area contributed by atoms with E-state index in [-0.39, 0.29) is 72.7 Å². The third-order valence-corrected chi connectivity index (χ3v) is 28.7. The van der Waals surface area contributed by atoms with Crippen molar-refractivity contribution in [2.24, 2.45) is 99.1 Å². The lowest BCUT2D eigenvalue weighted by Crippen LogP contribution is -2.87. The number of hydrogen-bond donors (Lipinski definition) is 6. The van der Waals surface area contributed by atoms with Gasteiger partial charge in [-0.25, -0.2) is 4.79 Å². The summed E-state index contributed by atoms with van der Waals surface area (Å²) in [6.45, 7) is -0.127. The summed E-state index contributed by atoms with van der Waals surface area (Å²) in [5.74, 6) is 6.31. The molecule has 3 aromatic rings. The number of aliphatic hydroxyl groups excluding tert-OH is 2. The highest BCUT2D eigenvalue weighted by atomic mass is 16.5. The average Bonchev–Trinajstić information content (AvgIpc) is 1.63. The van der Waals surface area contributed by atoms with Gasteiger partial charge >= 0.3 is 5.97 Å². The first-order chi connectivity index (χ1) is 41.3. The van der Waals surface area contributed by atoms with Crippen molar-refractivity contribution in [1.82, 2.24) is 5.32 Å². The summed E-state index contributed by atoms with van der Waals surface area (Å²) in [5, 5.41) is 74.7. The van der Waals surface area contributed by atoms with Crippen LogP contribution in [0.1, 0.15) is 155 Å². The normalized spacial score (nSPS) is 50.0. The summed E-state index contributed by atoms with van der Waals surface area (Å²) in [6, 6.07) is 26.2. The van der Waals surface area contributed by atoms with Crippen molar-refractivity contribution in [3.63, 3.8) is 0 Å². The molecule has 26 atom stereocenters. The van der Waals surface area contributed by atoms with Gasteiger partial charge in [-0.15, -0.1) is 0 Å². The fraction of sp³-hybridized carbons (Fsp3) is 0.653. The van der Waals surface area contributed by atoms with Gasteiger partial charge in [0.1, 0.15) is 23.6 Å². The Bertz CT molecular complexity index is 3330. The highest BCUT2D eigenvalue weighted by Gasteiger charge is 2.88. The zero-order valence-corrected chi connectivity index (χ0v) is 49.7. The first-order valence-electron chi connectivity index (χ1n) is 33.8. The van der Waals surface area contributed by atoms with Crippen LogP contribution < -0.4 is 5.32 Å². The summed E-state index contributed by atoms with van der Waals surface area (Å²) in [6.07, 6.45) is 20.8. The van der Waals surface area contributed by atoms with Crippen molar-refractivity contribution in [3.8, 4) is 11.8 Å². The molecule has 9 saturated carbocycles. The number of nitrogens with one attached hydrogen (secondary N) is 1. The molecule has 12 aliphatic carbocycles. The van der Waals surface area contributed by atoms with E-state index in [0.29, 0.717) is 87.4 Å². The van der Waals surface area contributed by atoms with Crippen molar-refractivity contribution < 1.29 is 44.6 Å². The number of fused-ring (bicyclic) bond motifs is 13. The van der Waals surface area contributed by atoms with Crippen LogP contribution in [0, 0.1) is 111 Å². The first-order valence-corrected chi connectivity index (χ1v) is 33.8. The van der Waals surface area contributed by atoms with Crippen LogP contribution in [-0.4, -0.2) is 92.1 Å². The van der Waals surface area contributed by atoms with Gasteiger partial charge in [0.15, 0.2) is 0 Å². The predicted molar refractivity (Wildman–Crippen MR) is 321 cm³/mol. The van der Waals surface area contributed by atoms with E-state index >= 15 is 20.1 Å². The second kappa shape index (κ2) is 19.5. The van der Waals surface area contributed by atoms with Gasteiger partial charge in [0.05, 0.1) is 35.9 Å². The lowest BCUT2D eigenvalue weighted by atomic mass is 9.31. The van der Waals surface area contributed by atoms with Crippen molar-refractivity contribution in [2.75, 3.05) is 7.05 Å². The minimum atomic E-state index is -2.23. The van der Waals surface area contributed by atoms with Crippen LogP contribution in [0.5, 0.6) is 0 Å². The lowest BCUT2D eigenvalue weighted by molar-refractivity contribution is -0.394. The monoisotopic (exact) mass is 1150 g/mol. The summed E-state index contributed by atoms with van der Waals surface area (Å²) in [7, 11) is 1.95. The number of carbonyl (C=O) groups excluding carboxylic acids is 2. The Hall–Kier alpha value is -4.44. The number of likely N-dealkylation sites (N-methyl/N-ethyl adjacent to an activating group) is 1. The Morgan fingerprint density at radius 1 is 0.776 bits per heavy atom. The molecule has 0 aromatic heterocycles. The maximum absolute atomic E-state index is 16.0. The molecule has 10 fully saturated rings. The number of aliphatic hydroxyl groups is 5. The molecule has 0 amide bonds. The second-order valence-electron chi connectivity index (χ2n) is 31.1. The fourth-order valence-electron chi connectivity index (χ4n) is 26.0. The van der Waals surface area contributed by atoms with Crippen molar-refractivity contribution in [1.29, 1.82) is 0 Å². The van der Waals surface area contributed by atoms with Gasteiger partial charge in [0, 0.05) is 58.6 Å². The number of ether oxygens (including phenoxy) is 2. The third kappa shape index (κ3) is 7.27. The average molecular weight is 1150 g/mol.